The maximum absolute atomic E-state index is 12.7. The summed E-state index contributed by atoms with van der Waals surface area (Å²) >= 11 is 0. The second-order valence-corrected chi connectivity index (χ2v) is 7.05. The Hall–Kier alpha value is -1.10. The van der Waals surface area contributed by atoms with Crippen LogP contribution in [0.25, 0.3) is 0 Å². The molecular formula is C16H27N3O2. The Bertz CT molecular complexity index is 420. The molecule has 0 aromatic heterocycles. The molecule has 5 nitrogen and oxygen atoms in total. The summed E-state index contributed by atoms with van der Waals surface area (Å²) in [5.41, 5.74) is -0.230. The molecule has 3 fully saturated rings. The predicted molar refractivity (Wildman–Crippen MR) is 80.8 cm³/mol. The second kappa shape index (κ2) is 5.95. The smallest absolute Gasteiger partial charge is 0.237 e. The number of hydrogen-bond acceptors (Lipinski definition) is 3. The summed E-state index contributed by atoms with van der Waals surface area (Å²) in [6.07, 6.45) is 6.83. The first-order valence-electron chi connectivity index (χ1n) is 8.41. The van der Waals surface area contributed by atoms with E-state index in [2.05, 4.69) is 22.0 Å². The van der Waals surface area contributed by atoms with Crippen LogP contribution in [0.3, 0.4) is 0 Å². The number of hydrogen-bond donors (Lipinski definition) is 1. The van der Waals surface area contributed by atoms with Gasteiger partial charge in [0.15, 0.2) is 0 Å². The minimum absolute atomic E-state index is 0.147. The number of carbonyl (C=O) groups excluding carboxylic acids is 2. The van der Waals surface area contributed by atoms with Crippen molar-refractivity contribution in [3.05, 3.63) is 0 Å². The van der Waals surface area contributed by atoms with E-state index < -0.39 is 0 Å². The van der Waals surface area contributed by atoms with E-state index in [9.17, 15) is 9.59 Å². The number of fused-ring (bicyclic) bond motifs is 1. The van der Waals surface area contributed by atoms with Crippen molar-refractivity contribution in [3.8, 4) is 0 Å². The van der Waals surface area contributed by atoms with Crippen LogP contribution in [-0.2, 0) is 9.59 Å². The van der Waals surface area contributed by atoms with Crippen molar-refractivity contribution in [2.24, 2.45) is 0 Å². The van der Waals surface area contributed by atoms with Gasteiger partial charge < -0.3 is 10.2 Å². The quantitative estimate of drug-likeness (QED) is 0.830. The Morgan fingerprint density at radius 1 is 1.24 bits per heavy atom. The highest BCUT2D eigenvalue weighted by atomic mass is 16.2. The highest BCUT2D eigenvalue weighted by molar-refractivity contribution is 5.80. The lowest BCUT2D eigenvalue weighted by Gasteiger charge is -2.48. The summed E-state index contributed by atoms with van der Waals surface area (Å²) < 4.78 is 0. The standard InChI is InChI=1S/C16H27N3O2/c1-16-8-5-11-19(13(16)6-4-7-14(20)17-16)15(21)12-18-9-2-3-10-18/h13H,2-12H2,1H3,(H,17,20)/t13-,16-/m0/s1. The summed E-state index contributed by atoms with van der Waals surface area (Å²) in [5.74, 6) is 0.401. The Morgan fingerprint density at radius 2 is 2.00 bits per heavy atom. The summed E-state index contributed by atoms with van der Waals surface area (Å²) in [4.78, 5) is 28.9. The number of piperidine rings is 1. The van der Waals surface area contributed by atoms with Gasteiger partial charge in [0, 0.05) is 13.0 Å². The molecule has 0 aliphatic carbocycles. The number of likely N-dealkylation sites (tertiary alicyclic amines) is 2. The lowest BCUT2D eigenvalue weighted by Crippen LogP contribution is -2.64. The van der Waals surface area contributed by atoms with Gasteiger partial charge in [0.05, 0.1) is 18.1 Å². The van der Waals surface area contributed by atoms with Gasteiger partial charge in [-0.05, 0) is 58.5 Å². The highest BCUT2D eigenvalue weighted by Crippen LogP contribution is 2.33. The van der Waals surface area contributed by atoms with E-state index in [1.807, 2.05) is 0 Å². The molecule has 0 spiro atoms. The van der Waals surface area contributed by atoms with E-state index in [1.54, 1.807) is 0 Å². The van der Waals surface area contributed by atoms with Gasteiger partial charge in [-0.2, -0.15) is 0 Å². The molecule has 21 heavy (non-hydrogen) atoms. The molecule has 2 amide bonds. The Balaban J connectivity index is 1.71. The van der Waals surface area contributed by atoms with Crippen molar-refractivity contribution >= 4 is 11.8 Å². The number of nitrogens with zero attached hydrogens (tertiary/aromatic N) is 2. The molecule has 3 saturated heterocycles. The van der Waals surface area contributed by atoms with Gasteiger partial charge in [0.25, 0.3) is 0 Å². The maximum atomic E-state index is 12.7. The van der Waals surface area contributed by atoms with E-state index in [4.69, 9.17) is 0 Å². The first kappa shape index (κ1) is 14.8. The fraction of sp³-hybridized carbons (Fsp3) is 0.875. The van der Waals surface area contributed by atoms with Crippen molar-refractivity contribution in [1.29, 1.82) is 0 Å². The van der Waals surface area contributed by atoms with Crippen LogP contribution in [0.15, 0.2) is 0 Å². The molecule has 0 aromatic rings. The number of amides is 2. The molecule has 3 aliphatic heterocycles. The largest absolute Gasteiger partial charge is 0.349 e. The molecule has 118 valence electrons. The topological polar surface area (TPSA) is 52.7 Å². The zero-order valence-electron chi connectivity index (χ0n) is 13.1. The van der Waals surface area contributed by atoms with Crippen molar-refractivity contribution in [3.63, 3.8) is 0 Å². The van der Waals surface area contributed by atoms with E-state index in [-0.39, 0.29) is 23.4 Å². The van der Waals surface area contributed by atoms with E-state index in [0.717, 1.165) is 45.3 Å². The molecule has 3 heterocycles. The summed E-state index contributed by atoms with van der Waals surface area (Å²) in [7, 11) is 0. The molecule has 5 heteroatoms. The van der Waals surface area contributed by atoms with Gasteiger partial charge in [-0.25, -0.2) is 0 Å². The number of rotatable bonds is 2. The second-order valence-electron chi connectivity index (χ2n) is 7.05. The third kappa shape index (κ3) is 3.07. The third-order valence-electron chi connectivity index (χ3n) is 5.39. The number of nitrogens with one attached hydrogen (secondary N) is 1. The Kier molecular flexibility index (Phi) is 4.20. The van der Waals surface area contributed by atoms with Crippen LogP contribution >= 0.6 is 0 Å². The van der Waals surface area contributed by atoms with Gasteiger partial charge in [0.2, 0.25) is 11.8 Å². The fourth-order valence-electron chi connectivity index (χ4n) is 4.26. The molecule has 0 bridgehead atoms. The maximum Gasteiger partial charge on any atom is 0.237 e. The average molecular weight is 293 g/mol. The summed E-state index contributed by atoms with van der Waals surface area (Å²) in [6, 6.07) is 0.174. The van der Waals surface area contributed by atoms with Crippen LogP contribution in [0, 0.1) is 0 Å². The minimum Gasteiger partial charge on any atom is -0.349 e. The van der Waals surface area contributed by atoms with Gasteiger partial charge in [-0.15, -0.1) is 0 Å². The summed E-state index contributed by atoms with van der Waals surface area (Å²) in [5, 5.41) is 3.19. The van der Waals surface area contributed by atoms with Crippen molar-refractivity contribution in [2.45, 2.75) is 63.5 Å². The van der Waals surface area contributed by atoms with Gasteiger partial charge in [-0.1, -0.05) is 0 Å². The van der Waals surface area contributed by atoms with Crippen LogP contribution in [0.1, 0.15) is 51.9 Å². The van der Waals surface area contributed by atoms with E-state index in [0.29, 0.717) is 13.0 Å². The third-order valence-corrected chi connectivity index (χ3v) is 5.39. The van der Waals surface area contributed by atoms with Crippen molar-refractivity contribution in [1.82, 2.24) is 15.1 Å². The monoisotopic (exact) mass is 293 g/mol. The molecule has 0 aromatic carbocycles. The molecule has 3 aliphatic rings. The molecule has 2 atom stereocenters. The highest BCUT2D eigenvalue weighted by Gasteiger charge is 2.44. The molecule has 0 radical (unpaired) electrons. The fourth-order valence-corrected chi connectivity index (χ4v) is 4.26. The Labute approximate surface area is 127 Å². The molecule has 3 rings (SSSR count). The average Bonchev–Trinajstić information content (AvgIpc) is 2.87. The normalized spacial score (nSPS) is 34.2. The van der Waals surface area contributed by atoms with Crippen LogP contribution < -0.4 is 5.32 Å². The van der Waals surface area contributed by atoms with Gasteiger partial charge >= 0.3 is 0 Å². The zero-order chi connectivity index (χ0) is 14.9. The minimum atomic E-state index is -0.230. The molecule has 1 N–H and O–H groups in total. The zero-order valence-corrected chi connectivity index (χ0v) is 13.1. The van der Waals surface area contributed by atoms with Crippen LogP contribution in [0.5, 0.6) is 0 Å². The van der Waals surface area contributed by atoms with Crippen molar-refractivity contribution in [2.75, 3.05) is 26.2 Å². The first-order chi connectivity index (χ1) is 10.1. The predicted octanol–water partition coefficient (Wildman–Crippen LogP) is 1.13. The first-order valence-corrected chi connectivity index (χ1v) is 8.41. The van der Waals surface area contributed by atoms with E-state index in [1.165, 1.54) is 12.8 Å². The van der Waals surface area contributed by atoms with Gasteiger partial charge in [0.1, 0.15) is 0 Å². The number of carbonyl (C=O) groups is 2. The lowest BCUT2D eigenvalue weighted by molar-refractivity contribution is -0.139. The summed E-state index contributed by atoms with van der Waals surface area (Å²) in [6.45, 7) is 5.63. The molecule has 0 unspecified atom stereocenters. The van der Waals surface area contributed by atoms with Crippen LogP contribution in [0.4, 0.5) is 0 Å². The lowest BCUT2D eigenvalue weighted by atomic mass is 9.81. The molecule has 0 saturated carbocycles. The van der Waals surface area contributed by atoms with Crippen molar-refractivity contribution < 1.29 is 9.59 Å². The molecular weight excluding hydrogens is 266 g/mol. The van der Waals surface area contributed by atoms with Gasteiger partial charge in [-0.3, -0.25) is 14.5 Å². The SMILES string of the molecule is C[C@]12CCCN(C(=O)CN3CCCC3)[C@H]1CCCC(=O)N2. The van der Waals surface area contributed by atoms with Crippen LogP contribution in [-0.4, -0.2) is 59.4 Å². The van der Waals surface area contributed by atoms with E-state index >= 15 is 0 Å². The van der Waals surface area contributed by atoms with Crippen LogP contribution in [0.2, 0.25) is 0 Å². The Morgan fingerprint density at radius 3 is 2.76 bits per heavy atom.